The van der Waals surface area contributed by atoms with E-state index >= 15 is 0 Å². The SMILES string of the molecule is CCCCCC/C=C/CCCCCCCCCC(=O)OCC(O)C(C)COCCC(O)O. The minimum atomic E-state index is -1.38. The Morgan fingerprint density at radius 1 is 0.812 bits per heavy atom. The van der Waals surface area contributed by atoms with E-state index in [4.69, 9.17) is 19.7 Å². The number of carbonyl (C=O) groups is 1. The Hall–Kier alpha value is -0.950. The molecule has 0 aromatic rings. The molecule has 6 nitrogen and oxygen atoms in total. The molecular weight excluding hydrogens is 408 g/mol. The molecule has 0 aliphatic heterocycles. The zero-order valence-electron chi connectivity index (χ0n) is 20.7. The highest BCUT2D eigenvalue weighted by atomic mass is 16.5. The molecule has 0 bridgehead atoms. The van der Waals surface area contributed by atoms with Gasteiger partial charge in [0.1, 0.15) is 6.61 Å². The Bertz CT molecular complexity index is 438. The molecular formula is C26H50O6. The van der Waals surface area contributed by atoms with Crippen LogP contribution in [0.15, 0.2) is 12.2 Å². The zero-order chi connectivity index (χ0) is 23.9. The van der Waals surface area contributed by atoms with Crippen LogP contribution in [0, 0.1) is 5.92 Å². The molecule has 190 valence electrons. The minimum Gasteiger partial charge on any atom is -0.463 e. The van der Waals surface area contributed by atoms with Crippen LogP contribution in [0.25, 0.3) is 0 Å². The van der Waals surface area contributed by atoms with Gasteiger partial charge in [-0.3, -0.25) is 4.79 Å². The standard InChI is InChI=1S/C26H50O6/c1-3-4-5-6-7-8-9-10-11-12-13-14-15-16-17-18-26(30)32-22-24(27)23(2)21-31-20-19-25(28)29/h8-9,23-25,27-29H,3-7,10-22H2,1-2H3/b9-8+. The van der Waals surface area contributed by atoms with Gasteiger partial charge in [-0.2, -0.15) is 0 Å². The van der Waals surface area contributed by atoms with Gasteiger partial charge in [0.2, 0.25) is 0 Å². The Morgan fingerprint density at radius 3 is 1.97 bits per heavy atom. The molecule has 0 aliphatic rings. The summed E-state index contributed by atoms with van der Waals surface area (Å²) in [5.74, 6) is -0.457. The van der Waals surface area contributed by atoms with Crippen molar-refractivity contribution >= 4 is 5.97 Å². The normalized spacial score (nSPS) is 13.7. The fourth-order valence-corrected chi connectivity index (χ4v) is 3.32. The maximum Gasteiger partial charge on any atom is 0.305 e. The Kier molecular flexibility index (Phi) is 22.5. The summed E-state index contributed by atoms with van der Waals surface area (Å²) < 4.78 is 10.4. The number of hydrogen-bond donors (Lipinski definition) is 3. The molecule has 2 atom stereocenters. The van der Waals surface area contributed by atoms with E-state index in [0.29, 0.717) is 6.42 Å². The van der Waals surface area contributed by atoms with Crippen molar-refractivity contribution in [2.24, 2.45) is 5.92 Å². The summed E-state index contributed by atoms with van der Waals surface area (Å²) in [7, 11) is 0. The topological polar surface area (TPSA) is 96.2 Å². The van der Waals surface area contributed by atoms with Crippen molar-refractivity contribution in [1.82, 2.24) is 0 Å². The van der Waals surface area contributed by atoms with Gasteiger partial charge in [0, 0.05) is 18.8 Å². The van der Waals surface area contributed by atoms with Gasteiger partial charge in [0.05, 0.1) is 19.3 Å². The summed E-state index contributed by atoms with van der Waals surface area (Å²) in [5, 5.41) is 27.5. The van der Waals surface area contributed by atoms with Crippen molar-refractivity contribution in [2.45, 2.75) is 123 Å². The number of aliphatic hydroxyl groups is 3. The first-order valence-electron chi connectivity index (χ1n) is 12.9. The van der Waals surface area contributed by atoms with Crippen molar-refractivity contribution in [3.8, 4) is 0 Å². The van der Waals surface area contributed by atoms with Gasteiger partial charge >= 0.3 is 5.97 Å². The average Bonchev–Trinajstić information content (AvgIpc) is 2.77. The predicted octanol–water partition coefficient (Wildman–Crippen LogP) is 5.28. The highest BCUT2D eigenvalue weighted by molar-refractivity contribution is 5.69. The first-order chi connectivity index (χ1) is 15.5. The number of hydrogen-bond acceptors (Lipinski definition) is 6. The third-order valence-electron chi connectivity index (χ3n) is 5.62. The van der Waals surface area contributed by atoms with E-state index in [1.54, 1.807) is 6.92 Å². The predicted molar refractivity (Wildman–Crippen MR) is 129 cm³/mol. The summed E-state index contributed by atoms with van der Waals surface area (Å²) in [5.41, 5.74) is 0. The van der Waals surface area contributed by atoms with Crippen LogP contribution < -0.4 is 0 Å². The fourth-order valence-electron chi connectivity index (χ4n) is 3.32. The number of esters is 1. The molecule has 0 saturated carbocycles. The third-order valence-corrected chi connectivity index (χ3v) is 5.62. The third kappa shape index (κ3) is 22.3. The Balaban J connectivity index is 3.44. The molecule has 0 heterocycles. The Labute approximate surface area is 196 Å². The molecule has 0 radical (unpaired) electrons. The monoisotopic (exact) mass is 458 g/mol. The van der Waals surface area contributed by atoms with Crippen molar-refractivity contribution < 1.29 is 29.6 Å². The highest BCUT2D eigenvalue weighted by Crippen LogP contribution is 2.12. The van der Waals surface area contributed by atoms with Crippen LogP contribution in [0.1, 0.15) is 110 Å². The zero-order valence-corrected chi connectivity index (χ0v) is 20.7. The van der Waals surface area contributed by atoms with E-state index in [2.05, 4.69) is 19.1 Å². The van der Waals surface area contributed by atoms with Crippen LogP contribution in [0.4, 0.5) is 0 Å². The second kappa shape index (κ2) is 23.2. The van der Waals surface area contributed by atoms with E-state index in [9.17, 15) is 9.90 Å². The largest absolute Gasteiger partial charge is 0.463 e. The number of unbranched alkanes of at least 4 members (excludes halogenated alkanes) is 11. The van der Waals surface area contributed by atoms with Crippen LogP contribution in [0.5, 0.6) is 0 Å². The number of rotatable bonds is 23. The van der Waals surface area contributed by atoms with Gasteiger partial charge in [-0.05, 0) is 32.1 Å². The summed E-state index contributed by atoms with van der Waals surface area (Å²) in [6, 6.07) is 0. The summed E-state index contributed by atoms with van der Waals surface area (Å²) in [6.07, 6.45) is 18.9. The molecule has 3 N–H and O–H groups in total. The van der Waals surface area contributed by atoms with Crippen molar-refractivity contribution in [3.05, 3.63) is 12.2 Å². The lowest BCUT2D eigenvalue weighted by Gasteiger charge is -2.19. The number of carbonyl (C=O) groups excluding carboxylic acids is 1. The summed E-state index contributed by atoms with van der Waals surface area (Å²) >= 11 is 0. The smallest absolute Gasteiger partial charge is 0.305 e. The number of allylic oxidation sites excluding steroid dienone is 2. The Morgan fingerprint density at radius 2 is 1.38 bits per heavy atom. The molecule has 0 fully saturated rings. The van der Waals surface area contributed by atoms with Crippen LogP contribution in [-0.2, 0) is 14.3 Å². The second-order valence-electron chi connectivity index (χ2n) is 8.91. The van der Waals surface area contributed by atoms with Gasteiger partial charge in [-0.25, -0.2) is 0 Å². The van der Waals surface area contributed by atoms with Gasteiger partial charge in [-0.15, -0.1) is 0 Å². The average molecular weight is 459 g/mol. The highest BCUT2D eigenvalue weighted by Gasteiger charge is 2.17. The molecule has 0 saturated heterocycles. The number of ether oxygens (including phenoxy) is 2. The molecule has 6 heteroatoms. The van der Waals surface area contributed by atoms with E-state index in [1.165, 1.54) is 64.2 Å². The van der Waals surface area contributed by atoms with E-state index in [1.807, 2.05) is 0 Å². The van der Waals surface area contributed by atoms with Crippen LogP contribution in [0.3, 0.4) is 0 Å². The first-order valence-corrected chi connectivity index (χ1v) is 12.9. The molecule has 0 aromatic carbocycles. The van der Waals surface area contributed by atoms with Gasteiger partial charge in [0.25, 0.3) is 0 Å². The summed E-state index contributed by atoms with van der Waals surface area (Å²) in [6.45, 7) is 4.51. The first kappa shape index (κ1) is 31.0. The minimum absolute atomic E-state index is 0.0286. The molecule has 0 aliphatic carbocycles. The molecule has 0 aromatic heterocycles. The van der Waals surface area contributed by atoms with Crippen LogP contribution in [-0.4, -0.2) is 53.5 Å². The maximum atomic E-state index is 11.8. The van der Waals surface area contributed by atoms with E-state index < -0.39 is 12.4 Å². The summed E-state index contributed by atoms with van der Waals surface area (Å²) in [4.78, 5) is 11.8. The van der Waals surface area contributed by atoms with Gasteiger partial charge < -0.3 is 24.8 Å². The molecule has 2 unspecified atom stereocenters. The van der Waals surface area contributed by atoms with Crippen molar-refractivity contribution in [3.63, 3.8) is 0 Å². The lowest BCUT2D eigenvalue weighted by Crippen LogP contribution is -2.28. The molecule has 0 spiro atoms. The lowest BCUT2D eigenvalue weighted by atomic mass is 10.1. The fraction of sp³-hybridized carbons (Fsp3) is 0.885. The van der Waals surface area contributed by atoms with Gasteiger partial charge in [0.15, 0.2) is 6.29 Å². The molecule has 32 heavy (non-hydrogen) atoms. The van der Waals surface area contributed by atoms with Crippen molar-refractivity contribution in [2.75, 3.05) is 19.8 Å². The molecule has 0 rings (SSSR count). The maximum absolute atomic E-state index is 11.8. The quantitative estimate of drug-likeness (QED) is 0.0834. The van der Waals surface area contributed by atoms with E-state index in [-0.39, 0.29) is 38.1 Å². The van der Waals surface area contributed by atoms with Crippen LogP contribution >= 0.6 is 0 Å². The second-order valence-corrected chi connectivity index (χ2v) is 8.91. The van der Waals surface area contributed by atoms with Crippen LogP contribution in [0.2, 0.25) is 0 Å². The van der Waals surface area contributed by atoms with Gasteiger partial charge in [-0.1, -0.05) is 77.4 Å². The lowest BCUT2D eigenvalue weighted by molar-refractivity contribution is -0.148. The van der Waals surface area contributed by atoms with Crippen molar-refractivity contribution in [1.29, 1.82) is 0 Å². The van der Waals surface area contributed by atoms with E-state index in [0.717, 1.165) is 19.3 Å². The number of aliphatic hydroxyl groups excluding tert-OH is 2. The molecule has 0 amide bonds.